The van der Waals surface area contributed by atoms with Crippen LogP contribution in [0.1, 0.15) is 6.92 Å². The van der Waals surface area contributed by atoms with Crippen LogP contribution >= 0.6 is 11.8 Å². The molecule has 0 bridgehead atoms. The number of ether oxygens (including phenoxy) is 1. The Morgan fingerprint density at radius 1 is 1.62 bits per heavy atom. The summed E-state index contributed by atoms with van der Waals surface area (Å²) in [6, 6.07) is -0.828. The van der Waals surface area contributed by atoms with Gasteiger partial charge in [-0.25, -0.2) is 4.79 Å². The molecule has 0 spiro atoms. The van der Waals surface area contributed by atoms with E-state index < -0.39 is 12.0 Å². The third-order valence-corrected chi connectivity index (χ3v) is 3.37. The molecule has 1 N–H and O–H groups in total. The molecule has 0 aromatic carbocycles. The van der Waals surface area contributed by atoms with Gasteiger partial charge in [0.1, 0.15) is 0 Å². The van der Waals surface area contributed by atoms with Crippen molar-refractivity contribution >= 4 is 23.6 Å². The fraction of sp³-hybridized carbons (Fsp3) is 0.800. The molecule has 5 nitrogen and oxygen atoms in total. The largest absolute Gasteiger partial charge is 0.480 e. The Labute approximate surface area is 99.1 Å². The van der Waals surface area contributed by atoms with Crippen molar-refractivity contribution < 1.29 is 19.4 Å². The second kappa shape index (κ2) is 6.10. The van der Waals surface area contributed by atoms with Gasteiger partial charge in [0.05, 0.1) is 13.2 Å². The van der Waals surface area contributed by atoms with Crippen LogP contribution in [0.5, 0.6) is 0 Å². The molecule has 0 saturated carbocycles. The average molecular weight is 247 g/mol. The van der Waals surface area contributed by atoms with Crippen LogP contribution in [0.4, 0.5) is 0 Å². The molecule has 0 aliphatic carbocycles. The van der Waals surface area contributed by atoms with Gasteiger partial charge in [-0.15, -0.1) is 0 Å². The lowest BCUT2D eigenvalue weighted by Crippen LogP contribution is -2.54. The van der Waals surface area contributed by atoms with E-state index in [9.17, 15) is 9.59 Å². The first kappa shape index (κ1) is 13.3. The second-order valence-corrected chi connectivity index (χ2v) is 4.73. The maximum absolute atomic E-state index is 12.0. The van der Waals surface area contributed by atoms with E-state index in [1.54, 1.807) is 11.8 Å². The lowest BCUT2D eigenvalue weighted by molar-refractivity contribution is -0.159. The summed E-state index contributed by atoms with van der Waals surface area (Å²) in [5, 5.41) is 8.99. The van der Waals surface area contributed by atoms with Crippen molar-refractivity contribution in [3.8, 4) is 0 Å². The quantitative estimate of drug-likeness (QED) is 0.774. The number of carboxylic acid groups (broad SMARTS) is 1. The van der Waals surface area contributed by atoms with Crippen molar-refractivity contribution in [3.05, 3.63) is 0 Å². The highest BCUT2D eigenvalue weighted by molar-refractivity contribution is 7.98. The Morgan fingerprint density at radius 3 is 2.88 bits per heavy atom. The van der Waals surface area contributed by atoms with Crippen molar-refractivity contribution in [3.63, 3.8) is 0 Å². The van der Waals surface area contributed by atoms with Gasteiger partial charge in [-0.1, -0.05) is 6.92 Å². The number of nitrogens with zero attached hydrogens (tertiary/aromatic N) is 1. The summed E-state index contributed by atoms with van der Waals surface area (Å²) in [6.45, 7) is 2.70. The molecule has 1 fully saturated rings. The van der Waals surface area contributed by atoms with Gasteiger partial charge in [0.15, 0.2) is 6.04 Å². The van der Waals surface area contributed by atoms with Crippen molar-refractivity contribution in [2.24, 2.45) is 5.92 Å². The van der Waals surface area contributed by atoms with E-state index in [1.165, 1.54) is 4.90 Å². The van der Waals surface area contributed by atoms with E-state index in [-0.39, 0.29) is 18.4 Å². The molecule has 0 aromatic rings. The highest BCUT2D eigenvalue weighted by atomic mass is 32.2. The molecule has 0 radical (unpaired) electrons. The highest BCUT2D eigenvalue weighted by Crippen LogP contribution is 2.14. The first-order chi connectivity index (χ1) is 7.57. The van der Waals surface area contributed by atoms with Crippen LogP contribution in [0.15, 0.2) is 0 Å². The number of morpholine rings is 1. The highest BCUT2D eigenvalue weighted by Gasteiger charge is 2.34. The minimum Gasteiger partial charge on any atom is -0.480 e. The van der Waals surface area contributed by atoms with Gasteiger partial charge >= 0.3 is 5.97 Å². The summed E-state index contributed by atoms with van der Waals surface area (Å²) in [4.78, 5) is 24.4. The van der Waals surface area contributed by atoms with E-state index in [0.717, 1.165) is 0 Å². The number of hydrogen-bond donors (Lipinski definition) is 1. The van der Waals surface area contributed by atoms with Gasteiger partial charge < -0.3 is 14.7 Å². The molecule has 1 heterocycles. The van der Waals surface area contributed by atoms with Gasteiger partial charge in [-0.3, -0.25) is 4.79 Å². The molecular weight excluding hydrogens is 230 g/mol. The van der Waals surface area contributed by atoms with Crippen molar-refractivity contribution in [1.29, 1.82) is 0 Å². The van der Waals surface area contributed by atoms with E-state index >= 15 is 0 Å². The Balaban J connectivity index is 2.67. The maximum atomic E-state index is 12.0. The van der Waals surface area contributed by atoms with Crippen LogP contribution in [0.25, 0.3) is 0 Å². The van der Waals surface area contributed by atoms with Gasteiger partial charge in [0.2, 0.25) is 5.91 Å². The number of rotatable bonds is 4. The minimum atomic E-state index is -0.996. The predicted octanol–water partition coefficient (Wildman–Crippen LogP) is 0.297. The zero-order valence-corrected chi connectivity index (χ0v) is 10.3. The molecule has 1 rings (SSSR count). The van der Waals surface area contributed by atoms with Gasteiger partial charge in [0, 0.05) is 18.2 Å². The van der Waals surface area contributed by atoms with Crippen molar-refractivity contribution in [1.82, 2.24) is 4.90 Å². The number of hydrogen-bond acceptors (Lipinski definition) is 4. The number of amides is 1. The normalized spacial score (nSPS) is 22.9. The fourth-order valence-electron chi connectivity index (χ4n) is 1.68. The van der Waals surface area contributed by atoms with E-state index in [1.807, 2.05) is 13.2 Å². The molecule has 1 aliphatic rings. The monoisotopic (exact) mass is 247 g/mol. The molecule has 2 atom stereocenters. The Hall–Kier alpha value is -0.750. The lowest BCUT2D eigenvalue weighted by atomic mass is 10.1. The zero-order valence-electron chi connectivity index (χ0n) is 9.51. The Kier molecular flexibility index (Phi) is 5.08. The standard InChI is InChI=1S/C10H17NO4S/c1-7(6-16-2)9(12)11-3-4-15-5-8(11)10(13)14/h7-8H,3-6H2,1-2H3,(H,13,14). The van der Waals surface area contributed by atoms with Gasteiger partial charge in [-0.2, -0.15) is 11.8 Å². The van der Waals surface area contributed by atoms with Gasteiger partial charge in [0.25, 0.3) is 0 Å². The predicted molar refractivity (Wildman–Crippen MR) is 61.5 cm³/mol. The molecule has 1 saturated heterocycles. The molecule has 1 amide bonds. The first-order valence-electron chi connectivity index (χ1n) is 5.18. The summed E-state index contributed by atoms with van der Waals surface area (Å²) in [7, 11) is 0. The average Bonchev–Trinajstić information content (AvgIpc) is 2.28. The van der Waals surface area contributed by atoms with Crippen molar-refractivity contribution in [2.45, 2.75) is 13.0 Å². The van der Waals surface area contributed by atoms with Crippen LogP contribution in [-0.4, -0.2) is 59.7 Å². The third kappa shape index (κ3) is 3.12. The number of thioether (sulfide) groups is 1. The molecule has 0 aromatic heterocycles. The third-order valence-electron chi connectivity index (χ3n) is 2.53. The van der Waals surface area contributed by atoms with Crippen LogP contribution < -0.4 is 0 Å². The fourth-order valence-corrected chi connectivity index (χ4v) is 2.32. The lowest BCUT2D eigenvalue weighted by Gasteiger charge is -2.34. The Bertz CT molecular complexity index is 272. The molecule has 92 valence electrons. The van der Waals surface area contributed by atoms with E-state index in [2.05, 4.69) is 0 Å². The van der Waals surface area contributed by atoms with Crippen LogP contribution in [0.2, 0.25) is 0 Å². The molecule has 1 aliphatic heterocycles. The number of carbonyl (C=O) groups is 2. The number of aliphatic carboxylic acids is 1. The topological polar surface area (TPSA) is 66.8 Å². The summed E-state index contributed by atoms with van der Waals surface area (Å²) in [5.74, 6) is -0.521. The molecule has 6 heteroatoms. The van der Waals surface area contributed by atoms with E-state index in [0.29, 0.717) is 18.9 Å². The van der Waals surface area contributed by atoms with Crippen molar-refractivity contribution in [2.75, 3.05) is 31.8 Å². The summed E-state index contributed by atoms with van der Waals surface area (Å²) in [5.41, 5.74) is 0. The number of carbonyl (C=O) groups excluding carboxylic acids is 1. The molecule has 2 unspecified atom stereocenters. The SMILES string of the molecule is CSCC(C)C(=O)N1CCOCC1C(=O)O. The summed E-state index contributed by atoms with van der Waals surface area (Å²) in [6.07, 6.45) is 1.93. The second-order valence-electron chi connectivity index (χ2n) is 3.82. The zero-order chi connectivity index (χ0) is 12.1. The summed E-state index contributed by atoms with van der Waals surface area (Å²) >= 11 is 1.59. The first-order valence-corrected chi connectivity index (χ1v) is 6.57. The number of carboxylic acids is 1. The maximum Gasteiger partial charge on any atom is 0.328 e. The van der Waals surface area contributed by atoms with Gasteiger partial charge in [-0.05, 0) is 6.26 Å². The summed E-state index contributed by atoms with van der Waals surface area (Å²) < 4.78 is 5.08. The van der Waals surface area contributed by atoms with Crippen LogP contribution in [0, 0.1) is 5.92 Å². The minimum absolute atomic E-state index is 0.0903. The van der Waals surface area contributed by atoms with E-state index in [4.69, 9.17) is 9.84 Å². The van der Waals surface area contributed by atoms with Crippen LogP contribution in [0.3, 0.4) is 0 Å². The molecule has 16 heavy (non-hydrogen) atoms. The van der Waals surface area contributed by atoms with Crippen LogP contribution in [-0.2, 0) is 14.3 Å². The Morgan fingerprint density at radius 2 is 2.31 bits per heavy atom. The smallest absolute Gasteiger partial charge is 0.328 e. The molecular formula is C10H17NO4S.